The molecule has 0 aromatic heterocycles. The van der Waals surface area contributed by atoms with Crippen molar-refractivity contribution in [2.45, 2.75) is 329 Å². The van der Waals surface area contributed by atoms with Crippen molar-refractivity contribution < 1.29 is 28.6 Å². The largest absolute Gasteiger partial charge is 0.462 e. The number of hydrogen-bond donors (Lipinski definition) is 0. The highest BCUT2D eigenvalue weighted by Gasteiger charge is 2.19. The molecule has 72 heavy (non-hydrogen) atoms. The Morgan fingerprint density at radius 2 is 0.542 bits per heavy atom. The molecule has 0 aliphatic heterocycles. The van der Waals surface area contributed by atoms with Crippen LogP contribution in [0.1, 0.15) is 323 Å². The Morgan fingerprint density at radius 1 is 0.292 bits per heavy atom. The van der Waals surface area contributed by atoms with E-state index >= 15 is 0 Å². The van der Waals surface area contributed by atoms with Crippen LogP contribution < -0.4 is 0 Å². The molecular formula is C66H118O6. The summed E-state index contributed by atoms with van der Waals surface area (Å²) in [6, 6.07) is 0. The SMILES string of the molecule is CC/C=C\C/C=C\C/C=C\C/C=C\C/C=C\CCC(=O)OCC(COC(=O)CCCCCCCCCCCCCCCCCCCCC)OC(=O)CCCCCCCCCCCCCCCCCCCCC. The van der Waals surface area contributed by atoms with Gasteiger partial charge in [-0.15, -0.1) is 0 Å². The molecule has 6 nitrogen and oxygen atoms in total. The molecule has 6 heteroatoms. The van der Waals surface area contributed by atoms with Gasteiger partial charge in [0.2, 0.25) is 0 Å². The van der Waals surface area contributed by atoms with Crippen LogP contribution in [0.25, 0.3) is 0 Å². The lowest BCUT2D eigenvalue weighted by Crippen LogP contribution is -2.30. The Hall–Kier alpha value is -2.89. The first-order valence-electron chi connectivity index (χ1n) is 31.3. The molecule has 1 atom stereocenters. The predicted molar refractivity (Wildman–Crippen MR) is 312 cm³/mol. The van der Waals surface area contributed by atoms with Crippen molar-refractivity contribution in [1.82, 2.24) is 0 Å². The Bertz CT molecular complexity index is 1290. The third-order valence-electron chi connectivity index (χ3n) is 13.8. The van der Waals surface area contributed by atoms with E-state index in [4.69, 9.17) is 14.2 Å². The average Bonchev–Trinajstić information content (AvgIpc) is 3.38. The second kappa shape index (κ2) is 60.7. The lowest BCUT2D eigenvalue weighted by molar-refractivity contribution is -0.166. The highest BCUT2D eigenvalue weighted by molar-refractivity contribution is 5.71. The Labute approximate surface area is 447 Å². The number of esters is 3. The molecule has 0 bridgehead atoms. The van der Waals surface area contributed by atoms with Crippen molar-refractivity contribution >= 4 is 17.9 Å². The summed E-state index contributed by atoms with van der Waals surface area (Å²) < 4.78 is 16.9. The third kappa shape index (κ3) is 58.0. The van der Waals surface area contributed by atoms with Crippen LogP contribution in [0.3, 0.4) is 0 Å². The first kappa shape index (κ1) is 69.1. The van der Waals surface area contributed by atoms with E-state index in [1.165, 1.54) is 205 Å². The zero-order chi connectivity index (χ0) is 52.2. The topological polar surface area (TPSA) is 78.9 Å². The van der Waals surface area contributed by atoms with Crippen molar-refractivity contribution in [3.63, 3.8) is 0 Å². The maximum absolute atomic E-state index is 12.9. The van der Waals surface area contributed by atoms with Gasteiger partial charge in [-0.2, -0.15) is 0 Å². The Kier molecular flexibility index (Phi) is 58.2. The third-order valence-corrected chi connectivity index (χ3v) is 13.8. The van der Waals surface area contributed by atoms with Gasteiger partial charge < -0.3 is 14.2 Å². The second-order valence-corrected chi connectivity index (χ2v) is 21.0. The summed E-state index contributed by atoms with van der Waals surface area (Å²) in [7, 11) is 0. The van der Waals surface area contributed by atoms with Gasteiger partial charge in [-0.1, -0.05) is 313 Å². The van der Waals surface area contributed by atoms with Gasteiger partial charge in [0.25, 0.3) is 0 Å². The van der Waals surface area contributed by atoms with Crippen LogP contribution in [0, 0.1) is 0 Å². The van der Waals surface area contributed by atoms with Crippen molar-refractivity contribution in [3.8, 4) is 0 Å². The van der Waals surface area contributed by atoms with Crippen LogP contribution in [-0.4, -0.2) is 37.2 Å². The lowest BCUT2D eigenvalue weighted by Gasteiger charge is -2.18. The normalized spacial score (nSPS) is 12.4. The van der Waals surface area contributed by atoms with Gasteiger partial charge in [0.05, 0.1) is 0 Å². The van der Waals surface area contributed by atoms with Gasteiger partial charge in [0.1, 0.15) is 13.2 Å². The summed E-state index contributed by atoms with van der Waals surface area (Å²) in [5.74, 6) is -0.959. The van der Waals surface area contributed by atoms with Gasteiger partial charge in [0, 0.05) is 19.3 Å². The second-order valence-electron chi connectivity index (χ2n) is 21.0. The van der Waals surface area contributed by atoms with Crippen molar-refractivity contribution in [3.05, 3.63) is 60.8 Å². The molecule has 0 fully saturated rings. The van der Waals surface area contributed by atoms with E-state index < -0.39 is 6.10 Å². The number of rotatable bonds is 57. The van der Waals surface area contributed by atoms with Crippen LogP contribution in [0.15, 0.2) is 60.8 Å². The van der Waals surface area contributed by atoms with Gasteiger partial charge in [-0.3, -0.25) is 14.4 Å². The van der Waals surface area contributed by atoms with Gasteiger partial charge in [0.15, 0.2) is 6.10 Å². The monoisotopic (exact) mass is 1010 g/mol. The molecule has 0 aromatic rings. The standard InChI is InChI=1S/C66H118O6/c1-4-7-10-13-16-19-22-25-28-31-33-35-38-41-44-47-50-53-56-59-65(68)71-62-63(61-70-64(67)58-55-52-49-46-43-40-37-30-27-24-21-18-15-12-9-6-3)72-66(69)60-57-54-51-48-45-42-39-36-34-32-29-26-23-20-17-14-11-8-5-2/h9,12,18,21,27,30,40,43,49,52,63H,4-8,10-11,13-17,19-20,22-26,28-29,31-39,41-42,44-48,50-51,53-62H2,1-3H3/b12-9-,21-18-,30-27-,43-40-,52-49-. The van der Waals surface area contributed by atoms with E-state index in [9.17, 15) is 14.4 Å². The summed E-state index contributed by atoms with van der Waals surface area (Å²) >= 11 is 0. The number of unbranched alkanes of at least 4 members (excludes halogenated alkanes) is 36. The summed E-state index contributed by atoms with van der Waals surface area (Å²) in [5.41, 5.74) is 0. The molecule has 1 unspecified atom stereocenters. The van der Waals surface area contributed by atoms with Crippen LogP contribution in [0.4, 0.5) is 0 Å². The number of carbonyl (C=O) groups excluding carboxylic acids is 3. The quantitative estimate of drug-likeness (QED) is 0.0261. The number of allylic oxidation sites excluding steroid dienone is 10. The molecule has 0 saturated carbocycles. The van der Waals surface area contributed by atoms with Gasteiger partial charge in [-0.05, 0) is 51.4 Å². The fourth-order valence-corrected chi connectivity index (χ4v) is 9.14. The fraction of sp³-hybridized carbons (Fsp3) is 0.803. The van der Waals surface area contributed by atoms with Crippen molar-refractivity contribution in [2.24, 2.45) is 0 Å². The summed E-state index contributed by atoms with van der Waals surface area (Å²) in [5, 5.41) is 0. The van der Waals surface area contributed by atoms with E-state index in [1.807, 2.05) is 6.08 Å². The maximum Gasteiger partial charge on any atom is 0.306 e. The van der Waals surface area contributed by atoms with Crippen molar-refractivity contribution in [1.29, 1.82) is 0 Å². The first-order chi connectivity index (χ1) is 35.5. The smallest absolute Gasteiger partial charge is 0.306 e. The number of carbonyl (C=O) groups is 3. The molecule has 0 spiro atoms. The predicted octanol–water partition coefficient (Wildman–Crippen LogP) is 21.2. The highest BCUT2D eigenvalue weighted by atomic mass is 16.6. The minimum absolute atomic E-state index is 0.0923. The van der Waals surface area contributed by atoms with Crippen LogP contribution in [0.2, 0.25) is 0 Å². The number of ether oxygens (including phenoxy) is 3. The lowest BCUT2D eigenvalue weighted by atomic mass is 10.0. The summed E-state index contributed by atoms with van der Waals surface area (Å²) in [4.78, 5) is 38.2. The molecule has 0 amide bonds. The zero-order valence-corrected chi connectivity index (χ0v) is 47.9. The molecule has 0 aromatic carbocycles. The van der Waals surface area contributed by atoms with Crippen LogP contribution in [0.5, 0.6) is 0 Å². The maximum atomic E-state index is 12.9. The van der Waals surface area contributed by atoms with E-state index in [2.05, 4.69) is 75.5 Å². The molecule has 0 rings (SSSR count). The van der Waals surface area contributed by atoms with Crippen LogP contribution in [-0.2, 0) is 28.6 Å². The van der Waals surface area contributed by atoms with Crippen molar-refractivity contribution in [2.75, 3.05) is 13.2 Å². The first-order valence-corrected chi connectivity index (χ1v) is 31.3. The highest BCUT2D eigenvalue weighted by Crippen LogP contribution is 2.18. The van der Waals surface area contributed by atoms with E-state index in [0.29, 0.717) is 19.3 Å². The minimum Gasteiger partial charge on any atom is -0.462 e. The van der Waals surface area contributed by atoms with E-state index in [0.717, 1.165) is 70.6 Å². The number of hydrogen-bond acceptors (Lipinski definition) is 6. The van der Waals surface area contributed by atoms with Crippen LogP contribution >= 0.6 is 0 Å². The fourth-order valence-electron chi connectivity index (χ4n) is 9.14. The Morgan fingerprint density at radius 3 is 0.847 bits per heavy atom. The minimum atomic E-state index is -0.801. The molecule has 0 aliphatic carbocycles. The average molecular weight is 1010 g/mol. The summed E-state index contributed by atoms with van der Waals surface area (Å²) in [6.07, 6.45) is 76.7. The zero-order valence-electron chi connectivity index (χ0n) is 47.9. The molecular weight excluding hydrogens is 889 g/mol. The molecule has 418 valence electrons. The molecule has 0 heterocycles. The van der Waals surface area contributed by atoms with Gasteiger partial charge in [-0.25, -0.2) is 0 Å². The van der Waals surface area contributed by atoms with E-state index in [-0.39, 0.29) is 37.5 Å². The van der Waals surface area contributed by atoms with E-state index in [1.54, 1.807) is 0 Å². The van der Waals surface area contributed by atoms with Gasteiger partial charge >= 0.3 is 17.9 Å². The molecule has 0 aliphatic rings. The summed E-state index contributed by atoms with van der Waals surface area (Å²) in [6.45, 7) is 6.52. The molecule has 0 saturated heterocycles. The Balaban J connectivity index is 4.40. The molecule has 0 radical (unpaired) electrons. The molecule has 0 N–H and O–H groups in total.